The van der Waals surface area contributed by atoms with E-state index in [0.29, 0.717) is 5.92 Å². The molecule has 0 atom stereocenters. The Morgan fingerprint density at radius 2 is 1.73 bits per heavy atom. The second kappa shape index (κ2) is 4.95. The summed E-state index contributed by atoms with van der Waals surface area (Å²) in [6.45, 7) is 9.10. The van der Waals surface area contributed by atoms with Gasteiger partial charge in [0.15, 0.2) is 0 Å². The van der Waals surface area contributed by atoms with Crippen LogP contribution in [0.15, 0.2) is 0 Å². The van der Waals surface area contributed by atoms with Crippen LogP contribution in [0.2, 0.25) is 0 Å². The van der Waals surface area contributed by atoms with Gasteiger partial charge in [-0.25, -0.2) is 0 Å². The molecule has 0 bridgehead atoms. The summed E-state index contributed by atoms with van der Waals surface area (Å²) < 4.78 is 11.7. The highest BCUT2D eigenvalue weighted by Gasteiger charge is 2.15. The van der Waals surface area contributed by atoms with Gasteiger partial charge in [-0.2, -0.15) is 0 Å². The molecule has 0 aromatic rings. The summed E-state index contributed by atoms with van der Waals surface area (Å²) in [5.74, 6) is 0.585. The zero-order valence-corrected chi connectivity index (χ0v) is 8.95. The van der Waals surface area contributed by atoms with Crippen molar-refractivity contribution >= 4 is 7.29 Å². The molecule has 0 aromatic heterocycles. The van der Waals surface area contributed by atoms with Crippen LogP contribution >= 0.6 is 7.29 Å². The normalized spacial score (nSPS) is 12.5. The minimum atomic E-state index is -1.99. The lowest BCUT2D eigenvalue weighted by molar-refractivity contribution is 0.551. The second-order valence-corrected chi connectivity index (χ2v) is 6.64. The fourth-order valence-corrected chi connectivity index (χ4v) is 2.39. The Labute approximate surface area is 70.2 Å². The molecule has 11 heavy (non-hydrogen) atoms. The van der Waals surface area contributed by atoms with Crippen LogP contribution in [0.4, 0.5) is 0 Å². The van der Waals surface area contributed by atoms with Crippen LogP contribution in [0.5, 0.6) is 0 Å². The Kier molecular flexibility index (Phi) is 5.03. The van der Waals surface area contributed by atoms with Gasteiger partial charge < -0.3 is 4.57 Å². The van der Waals surface area contributed by atoms with Crippen molar-refractivity contribution in [2.24, 2.45) is 5.92 Å². The summed E-state index contributed by atoms with van der Waals surface area (Å²) in [7, 11) is -1.99. The zero-order chi connectivity index (χ0) is 8.91. The average Bonchev–Trinajstić information content (AvgIpc) is 2.00. The highest BCUT2D eigenvalue weighted by molar-refractivity contribution is 7.61. The van der Waals surface area contributed by atoms with E-state index >= 15 is 0 Å². The number of nitrogens with one attached hydrogen (secondary N) is 1. The van der Waals surface area contributed by atoms with Gasteiger partial charge in [-0.05, 0) is 5.92 Å². The third-order valence-corrected chi connectivity index (χ3v) is 4.61. The van der Waals surface area contributed by atoms with Crippen molar-refractivity contribution in [3.63, 3.8) is 0 Å². The number of hydrogen-bond acceptors (Lipinski definition) is 1. The van der Waals surface area contributed by atoms with Crippen molar-refractivity contribution in [1.82, 2.24) is 5.09 Å². The van der Waals surface area contributed by atoms with E-state index in [1.807, 2.05) is 13.8 Å². The van der Waals surface area contributed by atoms with E-state index in [9.17, 15) is 4.57 Å². The van der Waals surface area contributed by atoms with Crippen LogP contribution in [-0.4, -0.2) is 18.9 Å². The Hall–Kier alpha value is 0.190. The highest BCUT2D eigenvalue weighted by Crippen LogP contribution is 2.39. The molecule has 68 valence electrons. The van der Waals surface area contributed by atoms with E-state index in [-0.39, 0.29) is 0 Å². The predicted octanol–water partition coefficient (Wildman–Crippen LogP) is 2.55. The molecule has 0 saturated carbocycles. The quantitative estimate of drug-likeness (QED) is 0.654. The van der Waals surface area contributed by atoms with E-state index in [1.165, 1.54) is 0 Å². The van der Waals surface area contributed by atoms with Crippen LogP contribution in [0, 0.1) is 5.92 Å². The Bertz CT molecular complexity index is 137. The van der Waals surface area contributed by atoms with Crippen molar-refractivity contribution in [1.29, 1.82) is 0 Å². The smallest absolute Gasteiger partial charge is 0.147 e. The zero-order valence-electron chi connectivity index (χ0n) is 8.05. The molecule has 0 saturated heterocycles. The van der Waals surface area contributed by atoms with Crippen LogP contribution in [0.25, 0.3) is 0 Å². The first-order valence-corrected chi connectivity index (χ1v) is 6.45. The SMILES string of the molecule is CCP(=O)(CC)NCC(C)C. The third-order valence-electron chi connectivity index (χ3n) is 1.81. The number of hydrogen-bond donors (Lipinski definition) is 1. The summed E-state index contributed by atoms with van der Waals surface area (Å²) in [4.78, 5) is 0. The maximum Gasteiger partial charge on any atom is 0.147 e. The molecule has 0 rings (SSSR count). The molecule has 0 radical (unpaired) electrons. The first-order valence-electron chi connectivity index (χ1n) is 4.37. The number of rotatable bonds is 5. The Morgan fingerprint density at radius 3 is 2.00 bits per heavy atom. The topological polar surface area (TPSA) is 29.1 Å². The molecular formula is C8H20NOP. The maximum atomic E-state index is 11.7. The fraction of sp³-hybridized carbons (Fsp3) is 1.00. The van der Waals surface area contributed by atoms with Crippen LogP contribution in [0.3, 0.4) is 0 Å². The standard InChI is InChI=1S/C8H20NOP/c1-5-11(10,6-2)9-7-8(3)4/h8H,5-7H2,1-4H3,(H,9,10). The van der Waals surface area contributed by atoms with Crippen LogP contribution in [0.1, 0.15) is 27.7 Å². The molecule has 0 aliphatic carbocycles. The van der Waals surface area contributed by atoms with Gasteiger partial charge >= 0.3 is 0 Å². The Balaban J connectivity index is 3.79. The Morgan fingerprint density at radius 1 is 1.27 bits per heavy atom. The van der Waals surface area contributed by atoms with E-state index in [1.54, 1.807) is 0 Å². The lowest BCUT2D eigenvalue weighted by atomic mass is 10.2. The van der Waals surface area contributed by atoms with Gasteiger partial charge in [0, 0.05) is 18.9 Å². The molecule has 2 nitrogen and oxygen atoms in total. The van der Waals surface area contributed by atoms with Gasteiger partial charge in [-0.15, -0.1) is 0 Å². The molecule has 0 unspecified atom stereocenters. The molecule has 0 spiro atoms. The molecule has 0 heterocycles. The molecule has 0 aromatic carbocycles. The first kappa shape index (κ1) is 11.2. The van der Waals surface area contributed by atoms with Crippen LogP contribution in [-0.2, 0) is 4.57 Å². The summed E-state index contributed by atoms with van der Waals surface area (Å²) >= 11 is 0. The fourth-order valence-electron chi connectivity index (χ4n) is 0.796. The van der Waals surface area contributed by atoms with Crippen LogP contribution < -0.4 is 5.09 Å². The summed E-state index contributed by atoms with van der Waals surface area (Å²) in [6, 6.07) is 0. The van der Waals surface area contributed by atoms with E-state index in [2.05, 4.69) is 18.9 Å². The minimum Gasteiger partial charge on any atom is -0.307 e. The average molecular weight is 177 g/mol. The van der Waals surface area contributed by atoms with E-state index in [4.69, 9.17) is 0 Å². The van der Waals surface area contributed by atoms with E-state index in [0.717, 1.165) is 18.9 Å². The molecular weight excluding hydrogens is 157 g/mol. The molecule has 0 aliphatic heterocycles. The lowest BCUT2D eigenvalue weighted by Crippen LogP contribution is -2.18. The molecule has 1 N–H and O–H groups in total. The third kappa shape index (κ3) is 4.60. The largest absolute Gasteiger partial charge is 0.307 e. The van der Waals surface area contributed by atoms with Crippen molar-refractivity contribution < 1.29 is 4.57 Å². The predicted molar refractivity (Wildman–Crippen MR) is 51.5 cm³/mol. The summed E-state index contributed by atoms with van der Waals surface area (Å²) in [6.07, 6.45) is 1.55. The van der Waals surface area contributed by atoms with Gasteiger partial charge in [0.05, 0.1) is 0 Å². The molecule has 0 aliphatic rings. The summed E-state index contributed by atoms with van der Waals surface area (Å²) in [5.41, 5.74) is 0. The summed E-state index contributed by atoms with van der Waals surface area (Å²) in [5, 5.41) is 3.15. The lowest BCUT2D eigenvalue weighted by Gasteiger charge is -2.17. The van der Waals surface area contributed by atoms with Crippen molar-refractivity contribution in [2.75, 3.05) is 18.9 Å². The van der Waals surface area contributed by atoms with E-state index < -0.39 is 7.29 Å². The van der Waals surface area contributed by atoms with Gasteiger partial charge in [0.2, 0.25) is 0 Å². The monoisotopic (exact) mass is 177 g/mol. The maximum absolute atomic E-state index is 11.7. The second-order valence-electron chi connectivity index (χ2n) is 3.28. The molecule has 0 amide bonds. The van der Waals surface area contributed by atoms with Gasteiger partial charge in [-0.3, -0.25) is 5.09 Å². The van der Waals surface area contributed by atoms with Crippen molar-refractivity contribution in [2.45, 2.75) is 27.7 Å². The van der Waals surface area contributed by atoms with Crippen molar-refractivity contribution in [3.05, 3.63) is 0 Å². The van der Waals surface area contributed by atoms with Gasteiger partial charge in [0.1, 0.15) is 7.29 Å². The molecule has 3 heteroatoms. The molecule has 0 fully saturated rings. The van der Waals surface area contributed by atoms with Crippen molar-refractivity contribution in [3.8, 4) is 0 Å². The van der Waals surface area contributed by atoms with Gasteiger partial charge in [-0.1, -0.05) is 27.7 Å². The minimum absolute atomic E-state index is 0.585. The first-order chi connectivity index (χ1) is 5.04. The van der Waals surface area contributed by atoms with Gasteiger partial charge in [0.25, 0.3) is 0 Å². The highest BCUT2D eigenvalue weighted by atomic mass is 31.2.